The van der Waals surface area contributed by atoms with E-state index in [1.54, 1.807) is 10.9 Å². The number of hydrogen-bond acceptors (Lipinski definition) is 2. The van der Waals surface area contributed by atoms with E-state index < -0.39 is 0 Å². The zero-order valence-electron chi connectivity index (χ0n) is 12.4. The Hall–Kier alpha value is -2.59. The molecule has 0 spiro atoms. The number of benzene rings is 2. The van der Waals surface area contributed by atoms with Crippen molar-refractivity contribution in [3.8, 4) is 0 Å². The molecule has 0 fully saturated rings. The Labute approximate surface area is 139 Å². The molecule has 2 aromatic carbocycles. The maximum absolute atomic E-state index is 12.0. The van der Waals surface area contributed by atoms with Crippen LogP contribution in [-0.4, -0.2) is 15.7 Å². The third-order valence-electron chi connectivity index (χ3n) is 3.38. The molecule has 0 aliphatic carbocycles. The van der Waals surface area contributed by atoms with E-state index in [1.165, 1.54) is 0 Å². The zero-order valence-corrected chi connectivity index (χ0v) is 13.2. The lowest BCUT2D eigenvalue weighted by atomic mass is 10.1. The zero-order chi connectivity index (χ0) is 16.1. The summed E-state index contributed by atoms with van der Waals surface area (Å²) in [7, 11) is 0. The summed E-state index contributed by atoms with van der Waals surface area (Å²) in [5.74, 6) is -0.0535. The summed E-state index contributed by atoms with van der Waals surface area (Å²) in [6.07, 6.45) is 3.82. The van der Waals surface area contributed by atoms with Crippen molar-refractivity contribution in [3.05, 3.63) is 83.1 Å². The molecule has 116 valence electrons. The SMILES string of the molecule is O=C(Cc1ccccc1)Nc1cnn(Cc2ccc(Cl)cc2)c1. The second kappa shape index (κ2) is 7.11. The van der Waals surface area contributed by atoms with Crippen molar-refractivity contribution in [2.24, 2.45) is 0 Å². The Bertz CT molecular complexity index is 782. The van der Waals surface area contributed by atoms with Crippen LogP contribution in [0.1, 0.15) is 11.1 Å². The van der Waals surface area contributed by atoms with Crippen LogP contribution in [0.5, 0.6) is 0 Å². The number of rotatable bonds is 5. The van der Waals surface area contributed by atoms with Gasteiger partial charge < -0.3 is 5.32 Å². The number of anilines is 1. The molecule has 1 amide bonds. The Kier molecular flexibility index (Phi) is 4.74. The van der Waals surface area contributed by atoms with E-state index in [0.29, 0.717) is 23.7 Å². The van der Waals surface area contributed by atoms with Gasteiger partial charge in [-0.1, -0.05) is 54.1 Å². The van der Waals surface area contributed by atoms with Gasteiger partial charge >= 0.3 is 0 Å². The third kappa shape index (κ3) is 4.44. The fourth-order valence-corrected chi connectivity index (χ4v) is 2.40. The molecular formula is C18H16ClN3O. The first-order valence-electron chi connectivity index (χ1n) is 7.30. The molecule has 0 atom stereocenters. The highest BCUT2D eigenvalue weighted by Gasteiger charge is 2.06. The minimum absolute atomic E-state index is 0.0535. The van der Waals surface area contributed by atoms with Gasteiger partial charge in [-0.2, -0.15) is 5.10 Å². The van der Waals surface area contributed by atoms with Crippen molar-refractivity contribution < 1.29 is 4.79 Å². The first-order valence-corrected chi connectivity index (χ1v) is 7.67. The summed E-state index contributed by atoms with van der Waals surface area (Å²) in [6, 6.07) is 17.3. The van der Waals surface area contributed by atoms with Crippen LogP contribution in [0.15, 0.2) is 67.0 Å². The Morgan fingerprint density at radius 2 is 1.78 bits per heavy atom. The third-order valence-corrected chi connectivity index (χ3v) is 3.63. The van der Waals surface area contributed by atoms with Crippen LogP contribution in [0.4, 0.5) is 5.69 Å². The van der Waals surface area contributed by atoms with Gasteiger partial charge in [-0.15, -0.1) is 0 Å². The number of nitrogens with one attached hydrogen (secondary N) is 1. The topological polar surface area (TPSA) is 46.9 Å². The van der Waals surface area contributed by atoms with Crippen LogP contribution < -0.4 is 5.32 Å². The van der Waals surface area contributed by atoms with Gasteiger partial charge in [-0.3, -0.25) is 9.48 Å². The average Bonchev–Trinajstić information content (AvgIpc) is 2.97. The van der Waals surface area contributed by atoms with Crippen LogP contribution in [0.25, 0.3) is 0 Å². The number of halogens is 1. The lowest BCUT2D eigenvalue weighted by Crippen LogP contribution is -2.13. The molecule has 3 aromatic rings. The van der Waals surface area contributed by atoms with Gasteiger partial charge in [0.1, 0.15) is 0 Å². The van der Waals surface area contributed by atoms with Crippen LogP contribution in [0.2, 0.25) is 5.02 Å². The summed E-state index contributed by atoms with van der Waals surface area (Å²) >= 11 is 5.87. The molecule has 1 N–H and O–H groups in total. The fraction of sp³-hybridized carbons (Fsp3) is 0.111. The molecule has 0 bridgehead atoms. The second-order valence-corrected chi connectivity index (χ2v) is 5.70. The number of amides is 1. The highest BCUT2D eigenvalue weighted by molar-refractivity contribution is 6.30. The lowest BCUT2D eigenvalue weighted by molar-refractivity contribution is -0.115. The molecule has 4 nitrogen and oxygen atoms in total. The van der Waals surface area contributed by atoms with Crippen molar-refractivity contribution >= 4 is 23.2 Å². The molecule has 23 heavy (non-hydrogen) atoms. The quantitative estimate of drug-likeness (QED) is 0.776. The minimum Gasteiger partial charge on any atom is -0.323 e. The van der Waals surface area contributed by atoms with E-state index in [0.717, 1.165) is 11.1 Å². The molecule has 0 aliphatic rings. The summed E-state index contributed by atoms with van der Waals surface area (Å²) in [6.45, 7) is 0.631. The first-order chi connectivity index (χ1) is 11.2. The van der Waals surface area contributed by atoms with Gasteiger partial charge in [-0.25, -0.2) is 0 Å². The van der Waals surface area contributed by atoms with E-state index in [1.807, 2.05) is 60.8 Å². The number of aromatic nitrogens is 2. The fourth-order valence-electron chi connectivity index (χ4n) is 2.28. The summed E-state index contributed by atoms with van der Waals surface area (Å²) < 4.78 is 1.78. The molecule has 1 aromatic heterocycles. The smallest absolute Gasteiger partial charge is 0.228 e. The average molecular weight is 326 g/mol. The van der Waals surface area contributed by atoms with Crippen molar-refractivity contribution in [3.63, 3.8) is 0 Å². The number of nitrogens with zero attached hydrogens (tertiary/aromatic N) is 2. The van der Waals surface area contributed by atoms with E-state index in [2.05, 4.69) is 10.4 Å². The lowest BCUT2D eigenvalue weighted by Gasteiger charge is -2.03. The van der Waals surface area contributed by atoms with E-state index >= 15 is 0 Å². The van der Waals surface area contributed by atoms with Crippen LogP contribution in [0, 0.1) is 0 Å². The van der Waals surface area contributed by atoms with Crippen molar-refractivity contribution in [2.75, 3.05) is 5.32 Å². The summed E-state index contributed by atoms with van der Waals surface area (Å²) in [4.78, 5) is 12.0. The maximum atomic E-state index is 12.0. The Morgan fingerprint density at radius 1 is 1.04 bits per heavy atom. The molecule has 0 saturated carbocycles. The van der Waals surface area contributed by atoms with Gasteiger partial charge in [0.25, 0.3) is 0 Å². The van der Waals surface area contributed by atoms with Crippen LogP contribution in [-0.2, 0) is 17.8 Å². The van der Waals surface area contributed by atoms with Gasteiger partial charge in [0.05, 0.1) is 24.8 Å². The molecule has 5 heteroatoms. The summed E-state index contributed by atoms with van der Waals surface area (Å²) in [5, 5.41) is 7.84. The second-order valence-electron chi connectivity index (χ2n) is 5.26. The standard InChI is InChI=1S/C18H16ClN3O/c19-16-8-6-15(7-9-16)12-22-13-17(11-20-22)21-18(23)10-14-4-2-1-3-5-14/h1-9,11,13H,10,12H2,(H,21,23). The van der Waals surface area contributed by atoms with E-state index in [9.17, 15) is 4.79 Å². The largest absolute Gasteiger partial charge is 0.323 e. The summed E-state index contributed by atoms with van der Waals surface area (Å²) in [5.41, 5.74) is 2.78. The predicted octanol–water partition coefficient (Wildman–Crippen LogP) is 3.77. The Morgan fingerprint density at radius 3 is 2.52 bits per heavy atom. The van der Waals surface area contributed by atoms with Crippen molar-refractivity contribution in [2.45, 2.75) is 13.0 Å². The van der Waals surface area contributed by atoms with Crippen LogP contribution >= 0.6 is 11.6 Å². The van der Waals surface area contributed by atoms with Gasteiger partial charge in [0.15, 0.2) is 0 Å². The molecular weight excluding hydrogens is 310 g/mol. The van der Waals surface area contributed by atoms with Gasteiger partial charge in [-0.05, 0) is 23.3 Å². The predicted molar refractivity (Wildman–Crippen MR) is 91.6 cm³/mol. The van der Waals surface area contributed by atoms with E-state index in [4.69, 9.17) is 11.6 Å². The van der Waals surface area contributed by atoms with Crippen molar-refractivity contribution in [1.29, 1.82) is 0 Å². The van der Waals surface area contributed by atoms with Crippen LogP contribution in [0.3, 0.4) is 0 Å². The highest BCUT2D eigenvalue weighted by atomic mass is 35.5. The number of carbonyl (C=O) groups is 1. The Balaban J connectivity index is 1.58. The highest BCUT2D eigenvalue weighted by Crippen LogP contribution is 2.12. The minimum atomic E-state index is -0.0535. The number of carbonyl (C=O) groups excluding carboxylic acids is 1. The molecule has 1 heterocycles. The maximum Gasteiger partial charge on any atom is 0.228 e. The molecule has 0 saturated heterocycles. The van der Waals surface area contributed by atoms with Gasteiger partial charge in [0.2, 0.25) is 5.91 Å². The number of hydrogen-bond donors (Lipinski definition) is 1. The molecule has 3 rings (SSSR count). The normalized spacial score (nSPS) is 10.5. The monoisotopic (exact) mass is 325 g/mol. The van der Waals surface area contributed by atoms with E-state index in [-0.39, 0.29) is 5.91 Å². The molecule has 0 radical (unpaired) electrons. The first kappa shape index (κ1) is 15.3. The van der Waals surface area contributed by atoms with Gasteiger partial charge in [0, 0.05) is 11.2 Å². The molecule has 0 aliphatic heterocycles. The van der Waals surface area contributed by atoms with Crippen molar-refractivity contribution in [1.82, 2.24) is 9.78 Å². The molecule has 0 unspecified atom stereocenters.